The predicted molar refractivity (Wildman–Crippen MR) is 64.7 cm³/mol. The maximum Gasteiger partial charge on any atom is 0.232 e. The fraction of sp³-hybridized carbons (Fsp3) is 0.818. The van der Waals surface area contributed by atoms with E-state index in [4.69, 9.17) is 4.52 Å². The van der Waals surface area contributed by atoms with Gasteiger partial charge < -0.3 is 9.63 Å². The van der Waals surface area contributed by atoms with Gasteiger partial charge in [-0.1, -0.05) is 24.4 Å². The van der Waals surface area contributed by atoms with Crippen molar-refractivity contribution in [1.82, 2.24) is 10.1 Å². The minimum absolute atomic E-state index is 0.159. The molecule has 7 heteroatoms. The van der Waals surface area contributed by atoms with Gasteiger partial charge >= 0.3 is 0 Å². The summed E-state index contributed by atoms with van der Waals surface area (Å²) in [5.41, 5.74) is 0. The Kier molecular flexibility index (Phi) is 4.01. The third-order valence-electron chi connectivity index (χ3n) is 3.17. The van der Waals surface area contributed by atoms with Gasteiger partial charge in [-0.05, 0) is 12.8 Å². The number of hydrogen-bond donors (Lipinski definition) is 1. The molecule has 1 N–H and O–H groups in total. The van der Waals surface area contributed by atoms with E-state index >= 15 is 0 Å². The molecular formula is C11H18N2O4S. The highest BCUT2D eigenvalue weighted by Crippen LogP contribution is 2.31. The number of aliphatic hydroxyl groups excluding tert-OH is 1. The Hall–Kier alpha value is -0.950. The van der Waals surface area contributed by atoms with Crippen LogP contribution in [-0.4, -0.2) is 36.0 Å². The molecule has 2 atom stereocenters. The summed E-state index contributed by atoms with van der Waals surface area (Å²) in [6, 6.07) is 0. The molecule has 0 spiro atoms. The van der Waals surface area contributed by atoms with Crippen LogP contribution in [0.25, 0.3) is 0 Å². The fourth-order valence-corrected chi connectivity index (χ4v) is 2.87. The number of hydrogen-bond acceptors (Lipinski definition) is 6. The van der Waals surface area contributed by atoms with Crippen LogP contribution in [0.15, 0.2) is 4.52 Å². The Balaban J connectivity index is 2.13. The van der Waals surface area contributed by atoms with Crippen molar-refractivity contribution >= 4 is 9.84 Å². The van der Waals surface area contributed by atoms with Crippen LogP contribution in [0.4, 0.5) is 0 Å². The molecule has 6 nitrogen and oxygen atoms in total. The van der Waals surface area contributed by atoms with Gasteiger partial charge in [-0.2, -0.15) is 4.98 Å². The number of aliphatic hydroxyl groups is 1. The molecule has 1 aliphatic rings. The molecule has 1 aromatic rings. The average molecular weight is 274 g/mol. The molecule has 1 aromatic heterocycles. The van der Waals surface area contributed by atoms with E-state index in [9.17, 15) is 13.5 Å². The normalized spacial score (nSPS) is 25.9. The largest absolute Gasteiger partial charge is 0.392 e. The van der Waals surface area contributed by atoms with Crippen molar-refractivity contribution in [3.05, 3.63) is 11.7 Å². The summed E-state index contributed by atoms with van der Waals surface area (Å²) in [5, 5.41) is 13.7. The van der Waals surface area contributed by atoms with Crippen LogP contribution >= 0.6 is 0 Å². The van der Waals surface area contributed by atoms with Gasteiger partial charge in [0.1, 0.15) is 5.75 Å². The molecule has 0 aromatic carbocycles. The van der Waals surface area contributed by atoms with Crippen molar-refractivity contribution in [3.8, 4) is 0 Å². The first-order valence-electron chi connectivity index (χ1n) is 6.14. The summed E-state index contributed by atoms with van der Waals surface area (Å²) in [6.45, 7) is 0. The number of aromatic nitrogens is 2. The highest BCUT2D eigenvalue weighted by molar-refractivity contribution is 7.89. The quantitative estimate of drug-likeness (QED) is 0.827. The molecule has 0 radical (unpaired) electrons. The summed E-state index contributed by atoms with van der Waals surface area (Å²) >= 11 is 0. The molecule has 0 saturated heterocycles. The van der Waals surface area contributed by atoms with Gasteiger partial charge in [0.05, 0.1) is 12.0 Å². The average Bonchev–Trinajstić information content (AvgIpc) is 2.57. The Morgan fingerprint density at radius 1 is 1.33 bits per heavy atom. The van der Waals surface area contributed by atoms with Crippen LogP contribution in [0.1, 0.15) is 49.7 Å². The standard InChI is InChI=1S/C11H18N2O4S/c1-18(15,16)7-10-12-11(17-13-10)8-5-3-2-4-6-9(8)14/h8-9,14H,2-7H2,1H3. The topological polar surface area (TPSA) is 93.3 Å². The zero-order valence-corrected chi connectivity index (χ0v) is 11.2. The van der Waals surface area contributed by atoms with E-state index in [-0.39, 0.29) is 17.5 Å². The monoisotopic (exact) mass is 274 g/mol. The summed E-state index contributed by atoms with van der Waals surface area (Å²) in [6.07, 6.45) is 5.31. The third-order valence-corrected chi connectivity index (χ3v) is 3.95. The van der Waals surface area contributed by atoms with Crippen LogP contribution in [-0.2, 0) is 15.6 Å². The first-order valence-corrected chi connectivity index (χ1v) is 8.20. The van der Waals surface area contributed by atoms with Gasteiger partial charge in [-0.3, -0.25) is 0 Å². The molecule has 18 heavy (non-hydrogen) atoms. The smallest absolute Gasteiger partial charge is 0.232 e. The Morgan fingerprint density at radius 3 is 2.78 bits per heavy atom. The lowest BCUT2D eigenvalue weighted by Gasteiger charge is -2.15. The summed E-state index contributed by atoms with van der Waals surface area (Å²) in [5.74, 6) is 0.152. The van der Waals surface area contributed by atoms with E-state index in [0.717, 1.165) is 38.4 Å². The van der Waals surface area contributed by atoms with E-state index in [2.05, 4.69) is 10.1 Å². The minimum atomic E-state index is -3.16. The number of nitrogens with zero attached hydrogens (tertiary/aromatic N) is 2. The predicted octanol–water partition coefficient (Wildman–Crippen LogP) is 1.02. The first kappa shape index (κ1) is 13.5. The lowest BCUT2D eigenvalue weighted by atomic mass is 9.97. The third kappa shape index (κ3) is 3.52. The van der Waals surface area contributed by atoms with Crippen molar-refractivity contribution in [2.24, 2.45) is 0 Å². The molecule has 2 rings (SSSR count). The van der Waals surface area contributed by atoms with Crippen LogP contribution in [0, 0.1) is 0 Å². The molecule has 1 saturated carbocycles. The van der Waals surface area contributed by atoms with Crippen molar-refractivity contribution < 1.29 is 18.0 Å². The van der Waals surface area contributed by atoms with E-state index < -0.39 is 15.9 Å². The van der Waals surface area contributed by atoms with Crippen molar-refractivity contribution in [2.45, 2.75) is 49.9 Å². The Bertz CT molecular complexity index is 497. The number of rotatable bonds is 3. The fourth-order valence-electron chi connectivity index (χ4n) is 2.29. The van der Waals surface area contributed by atoms with Gasteiger partial charge in [-0.15, -0.1) is 0 Å². The van der Waals surface area contributed by atoms with Crippen LogP contribution in [0.5, 0.6) is 0 Å². The zero-order valence-electron chi connectivity index (χ0n) is 10.4. The van der Waals surface area contributed by atoms with E-state index in [1.165, 1.54) is 0 Å². The van der Waals surface area contributed by atoms with E-state index in [1.807, 2.05) is 0 Å². The van der Waals surface area contributed by atoms with E-state index in [0.29, 0.717) is 5.89 Å². The molecule has 102 valence electrons. The lowest BCUT2D eigenvalue weighted by molar-refractivity contribution is 0.119. The second-order valence-corrected chi connectivity index (χ2v) is 7.07. The highest BCUT2D eigenvalue weighted by atomic mass is 32.2. The lowest BCUT2D eigenvalue weighted by Crippen LogP contribution is -2.17. The van der Waals surface area contributed by atoms with Gasteiger partial charge in [-0.25, -0.2) is 8.42 Å². The second kappa shape index (κ2) is 5.36. The molecular weight excluding hydrogens is 256 g/mol. The molecule has 1 fully saturated rings. The van der Waals surface area contributed by atoms with Gasteiger partial charge in [0.2, 0.25) is 5.89 Å². The van der Waals surface area contributed by atoms with Crippen molar-refractivity contribution in [2.75, 3.05) is 6.26 Å². The van der Waals surface area contributed by atoms with Crippen LogP contribution in [0.3, 0.4) is 0 Å². The van der Waals surface area contributed by atoms with Gasteiger partial charge in [0.15, 0.2) is 15.7 Å². The zero-order chi connectivity index (χ0) is 13.2. The van der Waals surface area contributed by atoms with Gasteiger partial charge in [0.25, 0.3) is 0 Å². The van der Waals surface area contributed by atoms with Crippen molar-refractivity contribution in [3.63, 3.8) is 0 Å². The summed E-state index contributed by atoms with van der Waals surface area (Å²) in [4.78, 5) is 4.09. The molecule has 0 bridgehead atoms. The molecule has 0 aliphatic heterocycles. The molecule has 0 amide bonds. The molecule has 2 unspecified atom stereocenters. The second-order valence-electron chi connectivity index (χ2n) is 4.93. The highest BCUT2D eigenvalue weighted by Gasteiger charge is 2.28. The van der Waals surface area contributed by atoms with Crippen LogP contribution < -0.4 is 0 Å². The minimum Gasteiger partial charge on any atom is -0.392 e. The maximum absolute atomic E-state index is 11.1. The Morgan fingerprint density at radius 2 is 2.06 bits per heavy atom. The first-order chi connectivity index (χ1) is 8.46. The maximum atomic E-state index is 11.1. The number of sulfone groups is 1. The van der Waals surface area contributed by atoms with E-state index in [1.54, 1.807) is 0 Å². The van der Waals surface area contributed by atoms with Crippen molar-refractivity contribution in [1.29, 1.82) is 0 Å². The molecule has 1 heterocycles. The Labute approximate surface area is 106 Å². The van der Waals surface area contributed by atoms with Gasteiger partial charge in [0, 0.05) is 6.26 Å². The summed E-state index contributed by atoms with van der Waals surface area (Å²) < 4.78 is 27.4. The molecule has 1 aliphatic carbocycles. The van der Waals surface area contributed by atoms with Crippen LogP contribution in [0.2, 0.25) is 0 Å². The SMILES string of the molecule is CS(=O)(=O)Cc1noc(C2CCCCCC2O)n1. The summed E-state index contributed by atoms with van der Waals surface area (Å²) in [7, 11) is -3.16.